The molecule has 0 unspecified atom stereocenters. The van der Waals surface area contributed by atoms with Crippen LogP contribution in [0.1, 0.15) is 36.5 Å². The Kier molecular flexibility index (Phi) is 2.81. The Labute approximate surface area is 106 Å². The van der Waals surface area contributed by atoms with Crippen LogP contribution in [0, 0.1) is 0 Å². The summed E-state index contributed by atoms with van der Waals surface area (Å²) in [6.45, 7) is 0. The maximum absolute atomic E-state index is 10.2. The third-order valence-corrected chi connectivity index (χ3v) is 3.97. The number of hydrogen-bond donors (Lipinski definition) is 1. The average molecular weight is 247 g/mol. The Balaban J connectivity index is 2.34. The van der Waals surface area contributed by atoms with Crippen LogP contribution in [-0.2, 0) is 6.42 Å². The SMILES string of the molecule is O[C@@H]1CCCCc2c1cc(Cl)c1ccccc21. The highest BCUT2D eigenvalue weighted by atomic mass is 35.5. The number of aliphatic hydroxyl groups is 1. The van der Waals surface area contributed by atoms with Crippen molar-refractivity contribution in [1.82, 2.24) is 0 Å². The molecule has 0 aromatic heterocycles. The largest absolute Gasteiger partial charge is 0.388 e. The molecule has 3 rings (SSSR count). The molecule has 2 aromatic carbocycles. The van der Waals surface area contributed by atoms with Gasteiger partial charge in [-0.25, -0.2) is 0 Å². The van der Waals surface area contributed by atoms with Gasteiger partial charge in [0.1, 0.15) is 0 Å². The molecule has 0 saturated heterocycles. The zero-order chi connectivity index (χ0) is 11.8. The first-order chi connectivity index (χ1) is 8.27. The van der Waals surface area contributed by atoms with Gasteiger partial charge in [0.25, 0.3) is 0 Å². The van der Waals surface area contributed by atoms with Gasteiger partial charge in [-0.3, -0.25) is 0 Å². The van der Waals surface area contributed by atoms with Gasteiger partial charge in [-0.15, -0.1) is 0 Å². The Morgan fingerprint density at radius 2 is 1.88 bits per heavy atom. The van der Waals surface area contributed by atoms with E-state index in [-0.39, 0.29) is 6.10 Å². The minimum Gasteiger partial charge on any atom is -0.388 e. The quantitative estimate of drug-likeness (QED) is 0.689. The fourth-order valence-electron chi connectivity index (χ4n) is 2.78. The summed E-state index contributed by atoms with van der Waals surface area (Å²) in [5, 5.41) is 13.2. The van der Waals surface area contributed by atoms with E-state index in [9.17, 15) is 5.11 Å². The van der Waals surface area contributed by atoms with Crippen molar-refractivity contribution in [3.8, 4) is 0 Å². The van der Waals surface area contributed by atoms with Crippen molar-refractivity contribution < 1.29 is 5.11 Å². The van der Waals surface area contributed by atoms with Gasteiger partial charge >= 0.3 is 0 Å². The first kappa shape index (κ1) is 11.1. The molecule has 1 nitrogen and oxygen atoms in total. The van der Waals surface area contributed by atoms with Crippen LogP contribution in [0.3, 0.4) is 0 Å². The first-order valence-electron chi connectivity index (χ1n) is 6.15. The zero-order valence-electron chi connectivity index (χ0n) is 9.62. The van der Waals surface area contributed by atoms with Gasteiger partial charge < -0.3 is 5.11 Å². The smallest absolute Gasteiger partial charge is 0.0793 e. The molecule has 17 heavy (non-hydrogen) atoms. The number of aliphatic hydroxyl groups excluding tert-OH is 1. The summed E-state index contributed by atoms with van der Waals surface area (Å²) < 4.78 is 0. The van der Waals surface area contributed by atoms with E-state index in [0.29, 0.717) is 0 Å². The Morgan fingerprint density at radius 1 is 1.12 bits per heavy atom. The Morgan fingerprint density at radius 3 is 2.71 bits per heavy atom. The molecule has 0 aliphatic heterocycles. The van der Waals surface area contributed by atoms with Crippen molar-refractivity contribution in [1.29, 1.82) is 0 Å². The third kappa shape index (κ3) is 1.84. The number of fused-ring (bicyclic) bond motifs is 3. The van der Waals surface area contributed by atoms with Gasteiger partial charge in [0.05, 0.1) is 6.10 Å². The van der Waals surface area contributed by atoms with Crippen LogP contribution in [0.25, 0.3) is 10.8 Å². The monoisotopic (exact) mass is 246 g/mol. The maximum atomic E-state index is 10.2. The van der Waals surface area contributed by atoms with E-state index in [2.05, 4.69) is 12.1 Å². The van der Waals surface area contributed by atoms with Gasteiger partial charge in [0, 0.05) is 10.4 Å². The fraction of sp³-hybridized carbons (Fsp3) is 0.333. The van der Waals surface area contributed by atoms with Crippen LogP contribution in [0.4, 0.5) is 0 Å². The van der Waals surface area contributed by atoms with E-state index in [4.69, 9.17) is 11.6 Å². The van der Waals surface area contributed by atoms with Crippen LogP contribution in [0.5, 0.6) is 0 Å². The standard InChI is InChI=1S/C15H15ClO/c16-14-9-13-11(6-3-4-8-15(13)17)10-5-1-2-7-12(10)14/h1-2,5,7,9,15,17H,3-4,6,8H2/t15-/m1/s1. The predicted octanol–water partition coefficient (Wildman–Crippen LogP) is 4.25. The number of aryl methyl sites for hydroxylation is 1. The lowest BCUT2D eigenvalue weighted by Gasteiger charge is -2.15. The second-order valence-electron chi connectivity index (χ2n) is 4.73. The molecule has 2 heteroatoms. The summed E-state index contributed by atoms with van der Waals surface area (Å²) in [5.41, 5.74) is 2.32. The van der Waals surface area contributed by atoms with Crippen molar-refractivity contribution in [3.63, 3.8) is 0 Å². The second kappa shape index (κ2) is 4.32. The summed E-state index contributed by atoms with van der Waals surface area (Å²) in [7, 11) is 0. The average Bonchev–Trinajstić information content (AvgIpc) is 2.53. The van der Waals surface area contributed by atoms with Gasteiger partial charge in [-0.05, 0) is 41.8 Å². The number of rotatable bonds is 0. The topological polar surface area (TPSA) is 20.2 Å². The number of halogens is 1. The molecule has 0 heterocycles. The maximum Gasteiger partial charge on any atom is 0.0793 e. The van der Waals surface area contributed by atoms with E-state index in [0.717, 1.165) is 41.7 Å². The minimum absolute atomic E-state index is 0.352. The summed E-state index contributed by atoms with van der Waals surface area (Å²) in [6.07, 6.45) is 3.78. The molecule has 0 fully saturated rings. The van der Waals surface area contributed by atoms with Gasteiger partial charge in [-0.2, -0.15) is 0 Å². The van der Waals surface area contributed by atoms with Gasteiger partial charge in [-0.1, -0.05) is 42.3 Å². The molecule has 0 bridgehead atoms. The molecule has 1 atom stereocenters. The van der Waals surface area contributed by atoms with Crippen molar-refractivity contribution in [3.05, 3.63) is 46.5 Å². The van der Waals surface area contributed by atoms with Crippen LogP contribution in [-0.4, -0.2) is 5.11 Å². The molecule has 88 valence electrons. The molecular formula is C15H15ClO. The summed E-state index contributed by atoms with van der Waals surface area (Å²) in [4.78, 5) is 0. The lowest BCUT2D eigenvalue weighted by atomic mass is 9.94. The van der Waals surface area contributed by atoms with Crippen LogP contribution >= 0.6 is 11.6 Å². The molecule has 1 aliphatic carbocycles. The zero-order valence-corrected chi connectivity index (χ0v) is 10.4. The lowest BCUT2D eigenvalue weighted by Crippen LogP contribution is -1.99. The Bertz CT molecular complexity index is 562. The molecule has 1 N–H and O–H groups in total. The van der Waals surface area contributed by atoms with Crippen molar-refractivity contribution >= 4 is 22.4 Å². The van der Waals surface area contributed by atoms with Crippen molar-refractivity contribution in [2.45, 2.75) is 31.8 Å². The molecule has 0 saturated carbocycles. The van der Waals surface area contributed by atoms with Gasteiger partial charge in [0.2, 0.25) is 0 Å². The van der Waals surface area contributed by atoms with Crippen LogP contribution in [0.2, 0.25) is 5.02 Å². The van der Waals surface area contributed by atoms with Gasteiger partial charge in [0.15, 0.2) is 0 Å². The fourth-order valence-corrected chi connectivity index (χ4v) is 3.07. The summed E-state index contributed by atoms with van der Waals surface area (Å²) in [6, 6.07) is 10.2. The third-order valence-electron chi connectivity index (χ3n) is 3.65. The highest BCUT2D eigenvalue weighted by molar-refractivity contribution is 6.35. The van der Waals surface area contributed by atoms with E-state index < -0.39 is 0 Å². The molecule has 2 aromatic rings. The van der Waals surface area contributed by atoms with E-state index in [1.165, 1.54) is 10.9 Å². The predicted molar refractivity (Wildman–Crippen MR) is 71.5 cm³/mol. The van der Waals surface area contributed by atoms with Crippen molar-refractivity contribution in [2.75, 3.05) is 0 Å². The molecule has 0 radical (unpaired) electrons. The highest BCUT2D eigenvalue weighted by Gasteiger charge is 2.19. The lowest BCUT2D eigenvalue weighted by molar-refractivity contribution is 0.167. The number of benzene rings is 2. The second-order valence-corrected chi connectivity index (χ2v) is 5.14. The molecule has 1 aliphatic rings. The highest BCUT2D eigenvalue weighted by Crippen LogP contribution is 2.37. The minimum atomic E-state index is -0.352. The normalized spacial score (nSPS) is 20.0. The molecule has 0 amide bonds. The summed E-state index contributed by atoms with van der Waals surface area (Å²) >= 11 is 6.30. The van der Waals surface area contributed by atoms with Crippen LogP contribution in [0.15, 0.2) is 30.3 Å². The molecule has 0 spiro atoms. The number of hydrogen-bond acceptors (Lipinski definition) is 1. The van der Waals surface area contributed by atoms with E-state index in [1.54, 1.807) is 0 Å². The summed E-state index contributed by atoms with van der Waals surface area (Å²) in [5.74, 6) is 0. The first-order valence-corrected chi connectivity index (χ1v) is 6.53. The van der Waals surface area contributed by atoms with Crippen molar-refractivity contribution in [2.24, 2.45) is 0 Å². The Hall–Kier alpha value is -1.05. The van der Waals surface area contributed by atoms with Crippen LogP contribution < -0.4 is 0 Å². The van der Waals surface area contributed by atoms with E-state index in [1.807, 2.05) is 18.2 Å². The molecular weight excluding hydrogens is 232 g/mol. The van der Waals surface area contributed by atoms with E-state index >= 15 is 0 Å².